The van der Waals surface area contributed by atoms with E-state index in [9.17, 15) is 4.39 Å². The highest BCUT2D eigenvalue weighted by molar-refractivity contribution is 5.95. The number of hydrogen-bond donors (Lipinski definition) is 2. The molecular formula is C16H19ClFN3O. The maximum absolute atomic E-state index is 13.8. The third kappa shape index (κ3) is 4.36. The Hall–Kier alpha value is -2.27. The minimum absolute atomic E-state index is 0. The normalized spacial score (nSPS) is 9.77. The van der Waals surface area contributed by atoms with E-state index in [1.165, 1.54) is 12.1 Å². The van der Waals surface area contributed by atoms with Crippen molar-refractivity contribution < 1.29 is 9.13 Å². The zero-order valence-corrected chi connectivity index (χ0v) is 13.3. The van der Waals surface area contributed by atoms with Gasteiger partial charge in [0, 0.05) is 25.3 Å². The second kappa shape index (κ2) is 7.66. The van der Waals surface area contributed by atoms with Gasteiger partial charge in [-0.3, -0.25) is 5.41 Å². The lowest BCUT2D eigenvalue weighted by atomic mass is 10.2. The number of nitrogens with one attached hydrogen (secondary N) is 1. The Kier molecular flexibility index (Phi) is 6.19. The molecule has 0 fully saturated rings. The summed E-state index contributed by atoms with van der Waals surface area (Å²) in [5.74, 6) is -0.538. The highest BCUT2D eigenvalue weighted by Gasteiger charge is 2.07. The molecule has 0 bridgehead atoms. The van der Waals surface area contributed by atoms with Gasteiger partial charge < -0.3 is 15.4 Å². The van der Waals surface area contributed by atoms with Gasteiger partial charge >= 0.3 is 0 Å². The van der Waals surface area contributed by atoms with Crippen LogP contribution in [-0.4, -0.2) is 19.9 Å². The lowest BCUT2D eigenvalue weighted by Crippen LogP contribution is -2.11. The molecule has 0 aliphatic carbocycles. The van der Waals surface area contributed by atoms with Gasteiger partial charge in [0.15, 0.2) is 11.6 Å². The predicted octanol–water partition coefficient (Wildman–Crippen LogP) is 3.18. The van der Waals surface area contributed by atoms with Crippen LogP contribution in [0.1, 0.15) is 11.1 Å². The first-order valence-electron chi connectivity index (χ1n) is 6.50. The van der Waals surface area contributed by atoms with Gasteiger partial charge in [0.1, 0.15) is 12.4 Å². The van der Waals surface area contributed by atoms with Crippen molar-refractivity contribution in [1.82, 2.24) is 0 Å². The van der Waals surface area contributed by atoms with E-state index in [0.717, 1.165) is 11.3 Å². The zero-order chi connectivity index (χ0) is 15.4. The van der Waals surface area contributed by atoms with E-state index in [0.29, 0.717) is 5.56 Å². The number of ether oxygens (including phenoxy) is 1. The van der Waals surface area contributed by atoms with Crippen molar-refractivity contribution in [1.29, 1.82) is 5.41 Å². The first-order valence-corrected chi connectivity index (χ1v) is 6.50. The third-order valence-electron chi connectivity index (χ3n) is 3.09. The number of anilines is 1. The van der Waals surface area contributed by atoms with Gasteiger partial charge in [-0.15, -0.1) is 12.4 Å². The Balaban J connectivity index is 0.00000242. The topological polar surface area (TPSA) is 62.3 Å². The number of nitrogens with two attached hydrogens (primary N) is 1. The summed E-state index contributed by atoms with van der Waals surface area (Å²) in [5, 5.41) is 7.26. The number of nitrogen functional groups attached to an aromatic ring is 1. The molecule has 0 atom stereocenters. The molecule has 2 rings (SSSR count). The Morgan fingerprint density at radius 2 is 1.82 bits per heavy atom. The SMILES string of the molecule is CN(C)c1ccc(COc2ccc(C(=N)N)cc2F)cc1.Cl. The van der Waals surface area contributed by atoms with E-state index in [4.69, 9.17) is 15.9 Å². The summed E-state index contributed by atoms with van der Waals surface area (Å²) in [5.41, 5.74) is 7.70. The first kappa shape index (κ1) is 17.8. The molecule has 118 valence electrons. The van der Waals surface area contributed by atoms with Crippen LogP contribution in [0.2, 0.25) is 0 Å². The zero-order valence-electron chi connectivity index (χ0n) is 12.5. The molecule has 0 aromatic heterocycles. The van der Waals surface area contributed by atoms with E-state index in [1.54, 1.807) is 6.07 Å². The van der Waals surface area contributed by atoms with Crippen LogP contribution in [-0.2, 0) is 6.61 Å². The summed E-state index contributed by atoms with van der Waals surface area (Å²) in [6.07, 6.45) is 0. The quantitative estimate of drug-likeness (QED) is 0.656. The summed E-state index contributed by atoms with van der Waals surface area (Å²) < 4.78 is 19.3. The van der Waals surface area contributed by atoms with Crippen LogP contribution in [0.15, 0.2) is 42.5 Å². The fourth-order valence-electron chi connectivity index (χ4n) is 1.84. The highest BCUT2D eigenvalue weighted by Crippen LogP contribution is 2.20. The average Bonchev–Trinajstić information content (AvgIpc) is 2.46. The van der Waals surface area contributed by atoms with Gasteiger partial charge in [0.25, 0.3) is 0 Å². The Bertz CT molecular complexity index is 644. The lowest BCUT2D eigenvalue weighted by Gasteiger charge is -2.13. The number of amidine groups is 1. The Morgan fingerprint density at radius 1 is 1.18 bits per heavy atom. The van der Waals surface area contributed by atoms with Crippen LogP contribution in [0.25, 0.3) is 0 Å². The van der Waals surface area contributed by atoms with E-state index < -0.39 is 5.82 Å². The fraction of sp³-hybridized carbons (Fsp3) is 0.188. The van der Waals surface area contributed by atoms with Gasteiger partial charge in [-0.1, -0.05) is 12.1 Å². The molecular weight excluding hydrogens is 305 g/mol. The molecule has 2 aromatic rings. The molecule has 0 amide bonds. The molecule has 3 N–H and O–H groups in total. The summed E-state index contributed by atoms with van der Waals surface area (Å²) in [6, 6.07) is 12.1. The molecule has 0 radical (unpaired) electrons. The van der Waals surface area contributed by atoms with Gasteiger partial charge in [-0.05, 0) is 35.9 Å². The number of nitrogens with zero attached hydrogens (tertiary/aromatic N) is 1. The molecule has 22 heavy (non-hydrogen) atoms. The van der Waals surface area contributed by atoms with Crippen molar-refractivity contribution in [3.05, 3.63) is 59.4 Å². The summed E-state index contributed by atoms with van der Waals surface area (Å²) in [4.78, 5) is 2.00. The molecule has 2 aromatic carbocycles. The summed E-state index contributed by atoms with van der Waals surface area (Å²) >= 11 is 0. The van der Waals surface area contributed by atoms with E-state index >= 15 is 0 Å². The highest BCUT2D eigenvalue weighted by atomic mass is 35.5. The summed E-state index contributed by atoms with van der Waals surface area (Å²) in [6.45, 7) is 0.282. The van der Waals surface area contributed by atoms with Crippen LogP contribution in [0.4, 0.5) is 10.1 Å². The van der Waals surface area contributed by atoms with Crippen molar-refractivity contribution in [2.24, 2.45) is 5.73 Å². The monoisotopic (exact) mass is 323 g/mol. The van der Waals surface area contributed by atoms with Crippen LogP contribution >= 0.6 is 12.4 Å². The molecule has 0 aliphatic heterocycles. The average molecular weight is 324 g/mol. The van der Waals surface area contributed by atoms with Crippen LogP contribution in [0.3, 0.4) is 0 Å². The molecule has 0 saturated heterocycles. The molecule has 4 nitrogen and oxygen atoms in total. The Morgan fingerprint density at radius 3 is 2.32 bits per heavy atom. The van der Waals surface area contributed by atoms with Crippen molar-refractivity contribution in [2.45, 2.75) is 6.61 Å². The van der Waals surface area contributed by atoms with Crippen molar-refractivity contribution in [3.63, 3.8) is 0 Å². The lowest BCUT2D eigenvalue weighted by molar-refractivity contribution is 0.290. The van der Waals surface area contributed by atoms with E-state index in [-0.39, 0.29) is 30.6 Å². The van der Waals surface area contributed by atoms with E-state index in [2.05, 4.69) is 0 Å². The number of hydrogen-bond acceptors (Lipinski definition) is 3. The van der Waals surface area contributed by atoms with Gasteiger partial charge in [0.05, 0.1) is 0 Å². The fourth-order valence-corrected chi connectivity index (χ4v) is 1.84. The molecule has 0 heterocycles. The van der Waals surface area contributed by atoms with Crippen molar-refractivity contribution >= 4 is 23.9 Å². The molecule has 0 saturated carbocycles. The van der Waals surface area contributed by atoms with Gasteiger partial charge in [0.2, 0.25) is 0 Å². The molecule has 0 spiro atoms. The molecule has 0 aliphatic rings. The standard InChI is InChI=1S/C16H18FN3O.ClH/c1-20(2)13-6-3-11(4-7-13)10-21-15-8-5-12(16(18)19)9-14(15)17;/h3-9H,10H2,1-2H3,(H3,18,19);1H. The van der Waals surface area contributed by atoms with Gasteiger partial charge in [-0.2, -0.15) is 0 Å². The van der Waals surface area contributed by atoms with Crippen LogP contribution < -0.4 is 15.4 Å². The second-order valence-corrected chi connectivity index (χ2v) is 4.91. The van der Waals surface area contributed by atoms with Gasteiger partial charge in [-0.25, -0.2) is 4.39 Å². The van der Waals surface area contributed by atoms with Crippen molar-refractivity contribution in [3.8, 4) is 5.75 Å². The maximum Gasteiger partial charge on any atom is 0.165 e. The van der Waals surface area contributed by atoms with Crippen LogP contribution in [0, 0.1) is 11.2 Å². The van der Waals surface area contributed by atoms with Crippen molar-refractivity contribution in [2.75, 3.05) is 19.0 Å². The van der Waals surface area contributed by atoms with Crippen LogP contribution in [0.5, 0.6) is 5.75 Å². The smallest absolute Gasteiger partial charge is 0.165 e. The molecule has 6 heteroatoms. The minimum Gasteiger partial charge on any atom is -0.486 e. The number of benzene rings is 2. The molecule has 0 unspecified atom stereocenters. The third-order valence-corrected chi connectivity index (χ3v) is 3.09. The second-order valence-electron chi connectivity index (χ2n) is 4.91. The number of halogens is 2. The minimum atomic E-state index is -0.521. The Labute approximate surface area is 135 Å². The maximum atomic E-state index is 13.8. The number of rotatable bonds is 5. The predicted molar refractivity (Wildman–Crippen MR) is 89.8 cm³/mol. The largest absolute Gasteiger partial charge is 0.486 e. The first-order chi connectivity index (χ1) is 9.97. The summed E-state index contributed by atoms with van der Waals surface area (Å²) in [7, 11) is 3.94. The van der Waals surface area contributed by atoms with E-state index in [1.807, 2.05) is 43.3 Å².